The summed E-state index contributed by atoms with van der Waals surface area (Å²) in [4.78, 5) is 12.1. The molecule has 0 aliphatic carbocycles. The first-order valence-corrected chi connectivity index (χ1v) is 8.22. The molecule has 128 valence electrons. The SMILES string of the molecule is COc1ccccc1CCNC(=O)NC(C)(C)Cc1ccccc1. The molecule has 0 atom stereocenters. The standard InChI is InChI=1S/C20H26N2O2/c1-20(2,15-16-9-5-4-6-10-16)22-19(23)21-14-13-17-11-7-8-12-18(17)24-3/h4-12H,13-15H2,1-3H3,(H2,21,22,23). The van der Waals surface area contributed by atoms with Gasteiger partial charge >= 0.3 is 6.03 Å². The van der Waals surface area contributed by atoms with Crippen LogP contribution in [0.3, 0.4) is 0 Å². The lowest BCUT2D eigenvalue weighted by atomic mass is 9.95. The fourth-order valence-corrected chi connectivity index (χ4v) is 2.72. The Morgan fingerprint density at radius 1 is 1.04 bits per heavy atom. The van der Waals surface area contributed by atoms with Gasteiger partial charge in [0, 0.05) is 12.1 Å². The number of hydrogen-bond donors (Lipinski definition) is 2. The van der Waals surface area contributed by atoms with Crippen LogP contribution in [0.15, 0.2) is 54.6 Å². The number of urea groups is 1. The molecular weight excluding hydrogens is 300 g/mol. The molecule has 0 aliphatic heterocycles. The Kier molecular flexibility index (Phi) is 6.24. The van der Waals surface area contributed by atoms with Gasteiger partial charge in [-0.3, -0.25) is 0 Å². The zero-order valence-electron chi connectivity index (χ0n) is 14.6. The summed E-state index contributed by atoms with van der Waals surface area (Å²) < 4.78 is 5.32. The summed E-state index contributed by atoms with van der Waals surface area (Å²) >= 11 is 0. The highest BCUT2D eigenvalue weighted by Gasteiger charge is 2.20. The Balaban J connectivity index is 1.80. The number of hydrogen-bond acceptors (Lipinski definition) is 2. The first-order valence-electron chi connectivity index (χ1n) is 8.22. The number of carbonyl (C=O) groups is 1. The third-order valence-electron chi connectivity index (χ3n) is 3.81. The zero-order chi connectivity index (χ0) is 17.4. The fourth-order valence-electron chi connectivity index (χ4n) is 2.72. The van der Waals surface area contributed by atoms with Crippen LogP contribution in [-0.2, 0) is 12.8 Å². The lowest BCUT2D eigenvalue weighted by Gasteiger charge is -2.26. The van der Waals surface area contributed by atoms with Crippen LogP contribution in [0.2, 0.25) is 0 Å². The molecule has 2 aromatic rings. The monoisotopic (exact) mass is 326 g/mol. The molecule has 0 unspecified atom stereocenters. The minimum atomic E-state index is -0.310. The maximum atomic E-state index is 12.1. The number of benzene rings is 2. The molecule has 0 heterocycles. The average Bonchev–Trinajstić information content (AvgIpc) is 2.55. The summed E-state index contributed by atoms with van der Waals surface area (Å²) in [5, 5.41) is 5.96. The number of rotatable bonds is 7. The van der Waals surface area contributed by atoms with Crippen molar-refractivity contribution in [3.8, 4) is 5.75 Å². The van der Waals surface area contributed by atoms with Crippen LogP contribution in [0.25, 0.3) is 0 Å². The van der Waals surface area contributed by atoms with Crippen LogP contribution in [0.1, 0.15) is 25.0 Å². The van der Waals surface area contributed by atoms with E-state index in [1.54, 1.807) is 7.11 Å². The minimum absolute atomic E-state index is 0.147. The van der Waals surface area contributed by atoms with E-state index in [1.165, 1.54) is 5.56 Å². The largest absolute Gasteiger partial charge is 0.496 e. The van der Waals surface area contributed by atoms with Crippen molar-refractivity contribution in [1.82, 2.24) is 10.6 Å². The number of para-hydroxylation sites is 1. The molecule has 0 radical (unpaired) electrons. The second-order valence-corrected chi connectivity index (χ2v) is 6.49. The van der Waals surface area contributed by atoms with Crippen molar-refractivity contribution in [1.29, 1.82) is 0 Å². The van der Waals surface area contributed by atoms with E-state index >= 15 is 0 Å². The zero-order valence-corrected chi connectivity index (χ0v) is 14.6. The van der Waals surface area contributed by atoms with Crippen molar-refractivity contribution in [2.45, 2.75) is 32.2 Å². The minimum Gasteiger partial charge on any atom is -0.496 e. The van der Waals surface area contributed by atoms with Crippen molar-refractivity contribution in [3.05, 3.63) is 65.7 Å². The van der Waals surface area contributed by atoms with Gasteiger partial charge in [-0.25, -0.2) is 4.79 Å². The fraction of sp³-hybridized carbons (Fsp3) is 0.350. The molecule has 0 aromatic heterocycles. The molecule has 2 aromatic carbocycles. The molecule has 0 aliphatic rings. The molecule has 4 heteroatoms. The number of ether oxygens (including phenoxy) is 1. The Labute approximate surface area is 144 Å². The van der Waals surface area contributed by atoms with Gasteiger partial charge in [0.1, 0.15) is 5.75 Å². The molecule has 24 heavy (non-hydrogen) atoms. The third kappa shape index (κ3) is 5.61. The van der Waals surface area contributed by atoms with E-state index in [0.29, 0.717) is 6.54 Å². The number of methoxy groups -OCH3 is 1. The smallest absolute Gasteiger partial charge is 0.315 e. The first kappa shape index (κ1) is 17.9. The molecule has 0 bridgehead atoms. The van der Waals surface area contributed by atoms with E-state index in [2.05, 4.69) is 22.8 Å². The van der Waals surface area contributed by atoms with E-state index in [1.807, 2.05) is 56.3 Å². The third-order valence-corrected chi connectivity index (χ3v) is 3.81. The molecule has 0 saturated carbocycles. The van der Waals surface area contributed by atoms with Crippen molar-refractivity contribution < 1.29 is 9.53 Å². The number of nitrogens with one attached hydrogen (secondary N) is 2. The Hall–Kier alpha value is -2.49. The molecule has 2 amide bonds. The first-order chi connectivity index (χ1) is 11.5. The Morgan fingerprint density at radius 2 is 1.71 bits per heavy atom. The predicted octanol–water partition coefficient (Wildman–Crippen LogP) is 3.56. The van der Waals surface area contributed by atoms with Gasteiger partial charge in [0.2, 0.25) is 0 Å². The van der Waals surface area contributed by atoms with E-state index in [9.17, 15) is 4.79 Å². The van der Waals surface area contributed by atoms with Crippen molar-refractivity contribution in [3.63, 3.8) is 0 Å². The number of amides is 2. The maximum Gasteiger partial charge on any atom is 0.315 e. The van der Waals surface area contributed by atoms with Crippen molar-refractivity contribution >= 4 is 6.03 Å². The summed E-state index contributed by atoms with van der Waals surface area (Å²) in [6, 6.07) is 17.9. The van der Waals surface area contributed by atoms with Gasteiger partial charge in [-0.2, -0.15) is 0 Å². The van der Waals surface area contributed by atoms with Crippen LogP contribution in [-0.4, -0.2) is 25.2 Å². The summed E-state index contributed by atoms with van der Waals surface area (Å²) in [6.07, 6.45) is 1.52. The number of carbonyl (C=O) groups excluding carboxylic acids is 1. The summed E-state index contributed by atoms with van der Waals surface area (Å²) in [5.74, 6) is 0.851. The summed E-state index contributed by atoms with van der Waals surface area (Å²) in [5.41, 5.74) is 1.98. The summed E-state index contributed by atoms with van der Waals surface area (Å²) in [6.45, 7) is 4.62. The van der Waals surface area contributed by atoms with E-state index in [-0.39, 0.29) is 11.6 Å². The molecule has 0 fully saturated rings. The van der Waals surface area contributed by atoms with Crippen LogP contribution >= 0.6 is 0 Å². The van der Waals surface area contributed by atoms with Gasteiger partial charge in [0.15, 0.2) is 0 Å². The normalized spacial score (nSPS) is 11.0. The molecule has 2 N–H and O–H groups in total. The molecule has 2 rings (SSSR count). The van der Waals surface area contributed by atoms with Gasteiger partial charge in [0.25, 0.3) is 0 Å². The second-order valence-electron chi connectivity index (χ2n) is 6.49. The maximum absolute atomic E-state index is 12.1. The highest BCUT2D eigenvalue weighted by Crippen LogP contribution is 2.17. The van der Waals surface area contributed by atoms with Gasteiger partial charge in [-0.15, -0.1) is 0 Å². The summed E-state index contributed by atoms with van der Waals surface area (Å²) in [7, 11) is 1.66. The van der Waals surface area contributed by atoms with Gasteiger partial charge < -0.3 is 15.4 Å². The predicted molar refractivity (Wildman–Crippen MR) is 97.5 cm³/mol. The lowest BCUT2D eigenvalue weighted by Crippen LogP contribution is -2.50. The topological polar surface area (TPSA) is 50.4 Å². The average molecular weight is 326 g/mol. The van der Waals surface area contributed by atoms with Gasteiger partial charge in [-0.05, 0) is 43.9 Å². The highest BCUT2D eigenvalue weighted by atomic mass is 16.5. The van der Waals surface area contributed by atoms with Crippen molar-refractivity contribution in [2.24, 2.45) is 0 Å². The Morgan fingerprint density at radius 3 is 2.42 bits per heavy atom. The highest BCUT2D eigenvalue weighted by molar-refractivity contribution is 5.74. The molecular formula is C20H26N2O2. The molecule has 0 saturated heterocycles. The van der Waals surface area contributed by atoms with Gasteiger partial charge in [0.05, 0.1) is 7.11 Å². The van der Waals surface area contributed by atoms with Gasteiger partial charge in [-0.1, -0.05) is 48.5 Å². The van der Waals surface area contributed by atoms with Crippen LogP contribution in [0, 0.1) is 0 Å². The molecule has 0 spiro atoms. The Bertz CT molecular complexity index is 654. The van der Waals surface area contributed by atoms with E-state index in [0.717, 1.165) is 24.2 Å². The van der Waals surface area contributed by atoms with Crippen LogP contribution in [0.4, 0.5) is 4.79 Å². The van der Waals surface area contributed by atoms with E-state index < -0.39 is 0 Å². The quantitative estimate of drug-likeness (QED) is 0.817. The molecule has 4 nitrogen and oxygen atoms in total. The van der Waals surface area contributed by atoms with Crippen LogP contribution < -0.4 is 15.4 Å². The van der Waals surface area contributed by atoms with Crippen LogP contribution in [0.5, 0.6) is 5.75 Å². The lowest BCUT2D eigenvalue weighted by molar-refractivity contribution is 0.229. The van der Waals surface area contributed by atoms with E-state index in [4.69, 9.17) is 4.74 Å². The second kappa shape index (κ2) is 8.39. The van der Waals surface area contributed by atoms with Crippen molar-refractivity contribution in [2.75, 3.05) is 13.7 Å².